The topological polar surface area (TPSA) is 61.2 Å². The quantitative estimate of drug-likeness (QED) is 0.616. The first-order valence-electron chi connectivity index (χ1n) is 7.03. The SMILES string of the molecule is CC(C)(C)[S@+]([O-])/N=C/c1cnc(-c2ccc(C(F)(F)F)cc2)nc1. The monoisotopic (exact) mass is 355 g/mol. The molecule has 1 aromatic heterocycles. The molecule has 2 rings (SSSR count). The minimum absolute atomic E-state index is 0.304. The normalized spacial score (nSPS) is 14.1. The Balaban J connectivity index is 2.13. The molecule has 24 heavy (non-hydrogen) atoms. The number of hydrogen-bond acceptors (Lipinski definition) is 4. The van der Waals surface area contributed by atoms with Crippen LogP contribution in [-0.2, 0) is 17.5 Å². The smallest absolute Gasteiger partial charge is 0.416 e. The molecule has 0 N–H and O–H groups in total. The Kier molecular flexibility index (Phi) is 5.29. The van der Waals surface area contributed by atoms with Crippen molar-refractivity contribution in [2.24, 2.45) is 4.40 Å². The Labute approximate surface area is 141 Å². The molecule has 0 fully saturated rings. The fourth-order valence-corrected chi connectivity index (χ4v) is 2.16. The molecular formula is C16H16F3N3OS. The highest BCUT2D eigenvalue weighted by atomic mass is 32.2. The number of nitrogens with zero attached hydrogens (tertiary/aromatic N) is 3. The predicted molar refractivity (Wildman–Crippen MR) is 88.0 cm³/mol. The van der Waals surface area contributed by atoms with Gasteiger partial charge in [0, 0.05) is 23.5 Å². The van der Waals surface area contributed by atoms with E-state index in [0.717, 1.165) is 12.1 Å². The lowest BCUT2D eigenvalue weighted by molar-refractivity contribution is -0.137. The summed E-state index contributed by atoms with van der Waals surface area (Å²) in [5.41, 5.74) is 0.313. The minimum atomic E-state index is -4.37. The lowest BCUT2D eigenvalue weighted by Crippen LogP contribution is -2.25. The molecule has 0 radical (unpaired) electrons. The van der Waals surface area contributed by atoms with Crippen molar-refractivity contribution in [3.05, 3.63) is 47.8 Å². The largest absolute Gasteiger partial charge is 0.591 e. The first kappa shape index (κ1) is 18.4. The van der Waals surface area contributed by atoms with E-state index in [4.69, 9.17) is 0 Å². The summed E-state index contributed by atoms with van der Waals surface area (Å²) in [5, 5.41) is 0. The Bertz CT molecular complexity index is 707. The van der Waals surface area contributed by atoms with Gasteiger partial charge in [0.2, 0.25) is 0 Å². The molecule has 2 aromatic rings. The van der Waals surface area contributed by atoms with Crippen molar-refractivity contribution < 1.29 is 17.7 Å². The average Bonchev–Trinajstić information content (AvgIpc) is 2.51. The molecule has 1 aromatic carbocycles. The summed E-state index contributed by atoms with van der Waals surface area (Å²) >= 11 is -1.38. The molecule has 1 heterocycles. The summed E-state index contributed by atoms with van der Waals surface area (Å²) in [6.45, 7) is 5.43. The molecule has 0 amide bonds. The van der Waals surface area contributed by atoms with Gasteiger partial charge in [0.25, 0.3) is 0 Å². The number of benzene rings is 1. The third-order valence-corrected chi connectivity index (χ3v) is 4.31. The van der Waals surface area contributed by atoms with Crippen LogP contribution < -0.4 is 0 Å². The summed E-state index contributed by atoms with van der Waals surface area (Å²) in [6, 6.07) is 4.61. The van der Waals surface area contributed by atoms with Crippen molar-refractivity contribution in [1.82, 2.24) is 9.97 Å². The molecule has 128 valence electrons. The number of halogens is 3. The third kappa shape index (κ3) is 4.78. The van der Waals surface area contributed by atoms with Gasteiger partial charge < -0.3 is 4.55 Å². The van der Waals surface area contributed by atoms with E-state index in [1.807, 2.05) is 20.8 Å². The van der Waals surface area contributed by atoms with Crippen LogP contribution in [-0.4, -0.2) is 25.5 Å². The van der Waals surface area contributed by atoms with Gasteiger partial charge in [0.15, 0.2) is 5.82 Å². The molecule has 4 nitrogen and oxygen atoms in total. The molecular weight excluding hydrogens is 339 g/mol. The Morgan fingerprint density at radius 2 is 1.58 bits per heavy atom. The second-order valence-corrected chi connectivity index (χ2v) is 7.95. The fourth-order valence-electron chi connectivity index (χ4n) is 1.63. The summed E-state index contributed by atoms with van der Waals surface area (Å²) in [6.07, 6.45) is -0.00691. The van der Waals surface area contributed by atoms with Gasteiger partial charge in [-0.15, -0.1) is 0 Å². The summed E-state index contributed by atoms with van der Waals surface area (Å²) in [5.74, 6) is 0.304. The molecule has 0 unspecified atom stereocenters. The van der Waals surface area contributed by atoms with Gasteiger partial charge in [-0.3, -0.25) is 0 Å². The molecule has 0 aliphatic carbocycles. The molecule has 8 heteroatoms. The van der Waals surface area contributed by atoms with Crippen LogP contribution in [0.2, 0.25) is 0 Å². The molecule has 0 bridgehead atoms. The maximum atomic E-state index is 12.5. The van der Waals surface area contributed by atoms with Crippen LogP contribution in [0.1, 0.15) is 31.9 Å². The highest BCUT2D eigenvalue weighted by Crippen LogP contribution is 2.30. The summed E-state index contributed by atoms with van der Waals surface area (Å²) < 4.78 is 52.9. The van der Waals surface area contributed by atoms with E-state index < -0.39 is 27.8 Å². The van der Waals surface area contributed by atoms with Crippen LogP contribution in [0, 0.1) is 0 Å². The van der Waals surface area contributed by atoms with Gasteiger partial charge in [-0.05, 0) is 32.9 Å². The van der Waals surface area contributed by atoms with Crippen molar-refractivity contribution in [1.29, 1.82) is 0 Å². The molecule has 0 saturated heterocycles. The van der Waals surface area contributed by atoms with Gasteiger partial charge in [-0.25, -0.2) is 9.97 Å². The van der Waals surface area contributed by atoms with Crippen molar-refractivity contribution in [2.75, 3.05) is 0 Å². The zero-order chi connectivity index (χ0) is 18.0. The average molecular weight is 355 g/mol. The standard InChI is InChI=1S/C16H16F3N3OS/c1-15(2,3)24(23)22-10-11-8-20-14(21-9-11)12-4-6-13(7-5-12)16(17,18)19/h4-10H,1-3H3/b22-10+/t24-/m0/s1. The van der Waals surface area contributed by atoms with Gasteiger partial charge in [0.1, 0.15) is 16.1 Å². The van der Waals surface area contributed by atoms with E-state index in [1.54, 1.807) is 0 Å². The first-order chi connectivity index (χ1) is 11.1. The van der Waals surface area contributed by atoms with Crippen LogP contribution in [0.4, 0.5) is 13.2 Å². The van der Waals surface area contributed by atoms with E-state index in [2.05, 4.69) is 14.4 Å². The first-order valence-corrected chi connectivity index (χ1v) is 8.14. The maximum absolute atomic E-state index is 12.5. The zero-order valence-corrected chi connectivity index (χ0v) is 14.1. The van der Waals surface area contributed by atoms with Crippen molar-refractivity contribution in [3.63, 3.8) is 0 Å². The van der Waals surface area contributed by atoms with Gasteiger partial charge >= 0.3 is 6.18 Å². The Morgan fingerprint density at radius 3 is 2.04 bits per heavy atom. The molecule has 0 spiro atoms. The highest BCUT2D eigenvalue weighted by molar-refractivity contribution is 7.91. The second kappa shape index (κ2) is 6.90. The van der Waals surface area contributed by atoms with Gasteiger partial charge in [-0.2, -0.15) is 13.2 Å². The molecule has 1 atom stereocenters. The van der Waals surface area contributed by atoms with Crippen LogP contribution in [0.5, 0.6) is 0 Å². The summed E-state index contributed by atoms with van der Waals surface area (Å²) in [7, 11) is 0. The van der Waals surface area contributed by atoms with Gasteiger partial charge in [0.05, 0.1) is 11.8 Å². The minimum Gasteiger partial charge on any atom is -0.591 e. The number of hydrogen-bond donors (Lipinski definition) is 0. The van der Waals surface area contributed by atoms with Crippen LogP contribution >= 0.6 is 0 Å². The van der Waals surface area contributed by atoms with Gasteiger partial charge in [-0.1, -0.05) is 16.5 Å². The molecule has 0 aliphatic heterocycles. The van der Waals surface area contributed by atoms with Crippen LogP contribution in [0.3, 0.4) is 0 Å². The van der Waals surface area contributed by atoms with E-state index in [0.29, 0.717) is 17.0 Å². The highest BCUT2D eigenvalue weighted by Gasteiger charge is 2.30. The van der Waals surface area contributed by atoms with E-state index in [9.17, 15) is 17.7 Å². The number of alkyl halides is 3. The van der Waals surface area contributed by atoms with Crippen LogP contribution in [0.25, 0.3) is 11.4 Å². The van der Waals surface area contributed by atoms with Crippen molar-refractivity contribution in [3.8, 4) is 11.4 Å². The van der Waals surface area contributed by atoms with E-state index in [-0.39, 0.29) is 0 Å². The molecule has 0 aliphatic rings. The fraction of sp³-hybridized carbons (Fsp3) is 0.312. The summed E-state index contributed by atoms with van der Waals surface area (Å²) in [4.78, 5) is 8.20. The third-order valence-electron chi connectivity index (χ3n) is 2.96. The molecule has 0 saturated carbocycles. The number of aromatic nitrogens is 2. The lowest BCUT2D eigenvalue weighted by atomic mass is 10.1. The van der Waals surface area contributed by atoms with Crippen LogP contribution in [0.15, 0.2) is 41.1 Å². The van der Waals surface area contributed by atoms with E-state index in [1.165, 1.54) is 30.7 Å². The predicted octanol–water partition coefficient (Wildman–Crippen LogP) is 4.04. The van der Waals surface area contributed by atoms with Crippen molar-refractivity contribution in [2.45, 2.75) is 31.7 Å². The zero-order valence-electron chi connectivity index (χ0n) is 13.3. The Hall–Kier alpha value is -1.93. The van der Waals surface area contributed by atoms with Crippen molar-refractivity contribution >= 4 is 17.6 Å². The second-order valence-electron chi connectivity index (χ2n) is 6.01. The maximum Gasteiger partial charge on any atom is 0.416 e. The van der Waals surface area contributed by atoms with E-state index >= 15 is 0 Å². The lowest BCUT2D eigenvalue weighted by Gasteiger charge is -2.17. The Morgan fingerprint density at radius 1 is 1.04 bits per heavy atom. The number of rotatable bonds is 3.